The predicted molar refractivity (Wildman–Crippen MR) is 77.4 cm³/mol. The first-order valence-corrected chi connectivity index (χ1v) is 6.18. The van der Waals surface area contributed by atoms with E-state index < -0.39 is 4.92 Å². The van der Waals surface area contributed by atoms with E-state index in [0.29, 0.717) is 11.3 Å². The number of hydrogen-bond donors (Lipinski definition) is 2. The Bertz CT molecular complexity index is 726. The summed E-state index contributed by atoms with van der Waals surface area (Å²) in [5.41, 5.74) is 6.06. The van der Waals surface area contributed by atoms with Crippen LogP contribution in [0.2, 0.25) is 0 Å². The smallest absolute Gasteiger partial charge is 0.311 e. The summed E-state index contributed by atoms with van der Waals surface area (Å²) in [4.78, 5) is 14.3. The fraction of sp³-hybridized carbons (Fsp3) is 0. The van der Waals surface area contributed by atoms with Gasteiger partial charge in [0.1, 0.15) is 11.9 Å². The maximum absolute atomic E-state index is 11.0. The third-order valence-electron chi connectivity index (χ3n) is 2.45. The number of anilines is 3. The number of rotatable bonds is 3. The van der Waals surface area contributed by atoms with Gasteiger partial charge in [0.2, 0.25) is 5.82 Å². The second kappa shape index (κ2) is 5.54. The molecule has 7 nitrogen and oxygen atoms in total. The zero-order valence-electron chi connectivity index (χ0n) is 10.0. The number of hydrogen-bond acceptors (Lipinski definition) is 6. The van der Waals surface area contributed by atoms with Gasteiger partial charge >= 0.3 is 5.69 Å². The van der Waals surface area contributed by atoms with Gasteiger partial charge in [-0.1, -0.05) is 15.9 Å². The molecule has 0 bridgehead atoms. The second-order valence-corrected chi connectivity index (χ2v) is 4.70. The Balaban J connectivity index is 2.50. The minimum atomic E-state index is -0.571. The zero-order valence-corrected chi connectivity index (χ0v) is 11.6. The normalized spacial score (nSPS) is 9.80. The highest BCUT2D eigenvalue weighted by Crippen LogP contribution is 2.29. The van der Waals surface area contributed by atoms with Gasteiger partial charge in [-0.3, -0.25) is 10.1 Å². The Kier molecular flexibility index (Phi) is 3.81. The average Bonchev–Trinajstić information content (AvgIpc) is 2.38. The lowest BCUT2D eigenvalue weighted by Gasteiger charge is -2.08. The number of nitro groups is 1. The topological polar surface area (TPSA) is 118 Å². The van der Waals surface area contributed by atoms with Gasteiger partial charge in [-0.15, -0.1) is 0 Å². The molecule has 0 saturated carbocycles. The number of nitrogens with two attached hydrogens (primary N) is 1. The number of halogens is 1. The maximum atomic E-state index is 11.0. The van der Waals surface area contributed by atoms with Crippen LogP contribution < -0.4 is 11.1 Å². The van der Waals surface area contributed by atoms with Crippen molar-refractivity contribution in [2.24, 2.45) is 0 Å². The molecule has 0 amide bonds. The van der Waals surface area contributed by atoms with Crippen LogP contribution in [0.25, 0.3) is 0 Å². The van der Waals surface area contributed by atoms with E-state index in [-0.39, 0.29) is 17.3 Å². The molecule has 1 aromatic heterocycles. The highest BCUT2D eigenvalue weighted by molar-refractivity contribution is 9.10. The van der Waals surface area contributed by atoms with E-state index in [4.69, 9.17) is 11.0 Å². The summed E-state index contributed by atoms with van der Waals surface area (Å²) in [7, 11) is 0. The molecule has 2 aromatic rings. The van der Waals surface area contributed by atoms with Crippen LogP contribution in [0.4, 0.5) is 23.0 Å². The predicted octanol–water partition coefficient (Wildman–Crippen LogP) is 2.95. The Morgan fingerprint density at radius 2 is 2.15 bits per heavy atom. The highest BCUT2D eigenvalue weighted by Gasteiger charge is 2.17. The molecule has 0 atom stereocenters. The number of nitrogens with zero attached hydrogens (tertiary/aromatic N) is 3. The first-order chi connectivity index (χ1) is 9.51. The molecular formula is C12H8BrN5O2. The lowest BCUT2D eigenvalue weighted by molar-refractivity contribution is -0.384. The molecule has 3 N–H and O–H groups in total. The Hall–Kier alpha value is -2.66. The lowest BCUT2D eigenvalue weighted by atomic mass is 10.2. The van der Waals surface area contributed by atoms with Crippen molar-refractivity contribution in [3.05, 3.63) is 50.5 Å². The van der Waals surface area contributed by atoms with Gasteiger partial charge in [-0.25, -0.2) is 4.98 Å². The van der Waals surface area contributed by atoms with Crippen molar-refractivity contribution in [2.75, 3.05) is 11.1 Å². The second-order valence-electron chi connectivity index (χ2n) is 3.79. The molecule has 0 spiro atoms. The monoisotopic (exact) mass is 333 g/mol. The number of nitrogen functional groups attached to an aromatic ring is 1. The standard InChI is InChI=1S/C12H8BrN5O2/c13-8-2-1-7(6-14)9(5-8)16-12-10(18(19)20)3-4-11(15)17-12/h1-5H,(H3,15,16,17). The van der Waals surface area contributed by atoms with Gasteiger partial charge in [0.25, 0.3) is 0 Å². The van der Waals surface area contributed by atoms with E-state index in [9.17, 15) is 10.1 Å². The Labute approximate surface area is 122 Å². The van der Waals surface area contributed by atoms with Crippen LogP contribution in [0.3, 0.4) is 0 Å². The van der Waals surface area contributed by atoms with Gasteiger partial charge in [0.15, 0.2) is 0 Å². The summed E-state index contributed by atoms with van der Waals surface area (Å²) in [6.07, 6.45) is 0. The summed E-state index contributed by atoms with van der Waals surface area (Å²) in [6, 6.07) is 9.51. The molecule has 2 rings (SSSR count). The van der Waals surface area contributed by atoms with Gasteiger partial charge in [0.05, 0.1) is 16.2 Å². The van der Waals surface area contributed by atoms with Crippen molar-refractivity contribution in [3.8, 4) is 6.07 Å². The van der Waals surface area contributed by atoms with E-state index in [0.717, 1.165) is 4.47 Å². The highest BCUT2D eigenvalue weighted by atomic mass is 79.9. The van der Waals surface area contributed by atoms with Crippen molar-refractivity contribution in [2.45, 2.75) is 0 Å². The molecule has 8 heteroatoms. The van der Waals surface area contributed by atoms with Crippen molar-refractivity contribution in [3.63, 3.8) is 0 Å². The lowest BCUT2D eigenvalue weighted by Crippen LogP contribution is -2.03. The van der Waals surface area contributed by atoms with Crippen molar-refractivity contribution in [1.82, 2.24) is 4.98 Å². The van der Waals surface area contributed by atoms with E-state index in [1.807, 2.05) is 6.07 Å². The van der Waals surface area contributed by atoms with Crippen LogP contribution in [0.1, 0.15) is 5.56 Å². The van der Waals surface area contributed by atoms with Gasteiger partial charge < -0.3 is 11.1 Å². The summed E-state index contributed by atoms with van der Waals surface area (Å²) < 4.78 is 0.727. The Morgan fingerprint density at radius 1 is 1.40 bits per heavy atom. The molecule has 0 aliphatic carbocycles. The van der Waals surface area contributed by atoms with Crippen molar-refractivity contribution in [1.29, 1.82) is 5.26 Å². The minimum Gasteiger partial charge on any atom is -0.384 e. The SMILES string of the molecule is N#Cc1ccc(Br)cc1Nc1nc(N)ccc1[N+](=O)[O-]. The van der Waals surface area contributed by atoms with Crippen LogP contribution >= 0.6 is 15.9 Å². The Morgan fingerprint density at radius 3 is 2.80 bits per heavy atom. The molecule has 0 radical (unpaired) electrons. The van der Waals surface area contributed by atoms with Crippen molar-refractivity contribution >= 4 is 38.9 Å². The molecule has 0 unspecified atom stereocenters. The first kappa shape index (κ1) is 13.8. The number of aromatic nitrogens is 1. The minimum absolute atomic E-state index is 0.00963. The number of pyridine rings is 1. The summed E-state index contributed by atoms with van der Waals surface area (Å²) >= 11 is 3.27. The number of nitrogens with one attached hydrogen (secondary N) is 1. The van der Waals surface area contributed by atoms with Gasteiger partial charge in [0, 0.05) is 10.5 Å². The molecule has 0 fully saturated rings. The summed E-state index contributed by atoms with van der Waals surface area (Å²) in [5, 5.41) is 22.8. The first-order valence-electron chi connectivity index (χ1n) is 5.39. The van der Waals surface area contributed by atoms with Gasteiger partial charge in [-0.05, 0) is 24.3 Å². The molecule has 0 saturated heterocycles. The van der Waals surface area contributed by atoms with Crippen LogP contribution in [-0.4, -0.2) is 9.91 Å². The van der Waals surface area contributed by atoms with Crippen LogP contribution in [0.15, 0.2) is 34.8 Å². The van der Waals surface area contributed by atoms with E-state index in [1.165, 1.54) is 12.1 Å². The third kappa shape index (κ3) is 2.84. The number of benzene rings is 1. The molecule has 100 valence electrons. The summed E-state index contributed by atoms with van der Waals surface area (Å²) in [6.45, 7) is 0. The maximum Gasteiger partial charge on any atom is 0.311 e. The van der Waals surface area contributed by atoms with E-state index in [1.54, 1.807) is 18.2 Å². The number of nitriles is 1. The van der Waals surface area contributed by atoms with E-state index >= 15 is 0 Å². The van der Waals surface area contributed by atoms with Gasteiger partial charge in [-0.2, -0.15) is 5.26 Å². The quantitative estimate of drug-likeness (QED) is 0.658. The average molecular weight is 334 g/mol. The van der Waals surface area contributed by atoms with E-state index in [2.05, 4.69) is 26.2 Å². The third-order valence-corrected chi connectivity index (χ3v) is 2.94. The molecule has 1 heterocycles. The summed E-state index contributed by atoms with van der Waals surface area (Å²) in [5.74, 6) is 0.135. The molecule has 1 aromatic carbocycles. The van der Waals surface area contributed by atoms with Crippen LogP contribution in [0.5, 0.6) is 0 Å². The molecular weight excluding hydrogens is 326 g/mol. The fourth-order valence-corrected chi connectivity index (χ4v) is 1.91. The molecule has 20 heavy (non-hydrogen) atoms. The largest absolute Gasteiger partial charge is 0.384 e. The fourth-order valence-electron chi connectivity index (χ4n) is 1.55. The van der Waals surface area contributed by atoms with Crippen LogP contribution in [0, 0.1) is 21.4 Å². The molecule has 0 aliphatic heterocycles. The van der Waals surface area contributed by atoms with Crippen molar-refractivity contribution < 1.29 is 4.92 Å². The molecule has 0 aliphatic rings. The van der Waals surface area contributed by atoms with Crippen LogP contribution in [-0.2, 0) is 0 Å². The zero-order chi connectivity index (χ0) is 14.7.